The van der Waals surface area contributed by atoms with Crippen LogP contribution in [0.2, 0.25) is 0 Å². The van der Waals surface area contributed by atoms with E-state index in [4.69, 9.17) is 9.47 Å². The number of rotatable bonds is 5. The maximum atomic E-state index is 13.5. The van der Waals surface area contributed by atoms with E-state index >= 15 is 0 Å². The first-order chi connectivity index (χ1) is 13.9. The predicted octanol–water partition coefficient (Wildman–Crippen LogP) is 3.11. The molecule has 29 heavy (non-hydrogen) atoms. The highest BCUT2D eigenvalue weighted by Crippen LogP contribution is 2.42. The van der Waals surface area contributed by atoms with Gasteiger partial charge in [0.15, 0.2) is 0 Å². The number of hydrogen-bond donors (Lipinski definition) is 1. The number of nitrogens with zero attached hydrogens (tertiary/aromatic N) is 1. The molecule has 0 aliphatic carbocycles. The Morgan fingerprint density at radius 3 is 2.66 bits per heavy atom. The number of benzene rings is 2. The SMILES string of the molecule is COc1ccc(OC)c([C@H]2CCCN2S(=O)(=O)c2ccc3c(c2)CCC(=O)N3)c1. The van der Waals surface area contributed by atoms with Crippen molar-refractivity contribution < 1.29 is 22.7 Å². The molecule has 0 radical (unpaired) electrons. The van der Waals surface area contributed by atoms with E-state index in [1.807, 2.05) is 6.07 Å². The van der Waals surface area contributed by atoms with Crippen LogP contribution < -0.4 is 14.8 Å². The van der Waals surface area contributed by atoms with Crippen molar-refractivity contribution in [1.82, 2.24) is 4.31 Å². The molecular formula is C21H24N2O5S. The van der Waals surface area contributed by atoms with Crippen molar-refractivity contribution in [2.45, 2.75) is 36.6 Å². The fourth-order valence-corrected chi connectivity index (χ4v) is 5.82. The largest absolute Gasteiger partial charge is 0.497 e. The quantitative estimate of drug-likeness (QED) is 0.810. The Morgan fingerprint density at radius 1 is 1.07 bits per heavy atom. The van der Waals surface area contributed by atoms with Crippen molar-refractivity contribution in [2.24, 2.45) is 0 Å². The maximum absolute atomic E-state index is 13.5. The molecule has 7 nitrogen and oxygen atoms in total. The molecule has 0 spiro atoms. The van der Waals surface area contributed by atoms with E-state index in [2.05, 4.69) is 5.32 Å². The van der Waals surface area contributed by atoms with Crippen LogP contribution in [0, 0.1) is 0 Å². The molecule has 2 aliphatic rings. The highest BCUT2D eigenvalue weighted by Gasteiger charge is 2.38. The minimum atomic E-state index is -3.70. The van der Waals surface area contributed by atoms with E-state index in [-0.39, 0.29) is 16.8 Å². The number of carbonyl (C=O) groups excluding carboxylic acids is 1. The maximum Gasteiger partial charge on any atom is 0.243 e. The third-order valence-electron chi connectivity index (χ3n) is 5.58. The van der Waals surface area contributed by atoms with Gasteiger partial charge in [0.1, 0.15) is 11.5 Å². The zero-order valence-corrected chi connectivity index (χ0v) is 17.3. The van der Waals surface area contributed by atoms with Crippen molar-refractivity contribution >= 4 is 21.6 Å². The number of anilines is 1. The second-order valence-corrected chi connectivity index (χ2v) is 9.14. The normalized spacial score (nSPS) is 19.5. The first-order valence-electron chi connectivity index (χ1n) is 9.60. The van der Waals surface area contributed by atoms with E-state index in [0.29, 0.717) is 43.0 Å². The smallest absolute Gasteiger partial charge is 0.243 e. The minimum absolute atomic E-state index is 0.0437. The summed E-state index contributed by atoms with van der Waals surface area (Å²) in [5.41, 5.74) is 2.34. The van der Waals surface area contributed by atoms with Gasteiger partial charge in [-0.15, -0.1) is 0 Å². The van der Waals surface area contributed by atoms with E-state index in [1.54, 1.807) is 48.9 Å². The molecule has 2 aromatic carbocycles. The van der Waals surface area contributed by atoms with Crippen molar-refractivity contribution in [1.29, 1.82) is 0 Å². The van der Waals surface area contributed by atoms with E-state index in [1.165, 1.54) is 0 Å². The van der Waals surface area contributed by atoms with Crippen molar-refractivity contribution in [2.75, 3.05) is 26.1 Å². The lowest BCUT2D eigenvalue weighted by Gasteiger charge is -2.27. The molecule has 1 saturated heterocycles. The van der Waals surface area contributed by atoms with Gasteiger partial charge in [0.05, 0.1) is 25.2 Å². The number of sulfonamides is 1. The lowest BCUT2D eigenvalue weighted by molar-refractivity contribution is -0.116. The van der Waals surface area contributed by atoms with Crippen LogP contribution in [-0.2, 0) is 21.2 Å². The molecule has 1 fully saturated rings. The molecule has 154 valence electrons. The Hall–Kier alpha value is -2.58. The van der Waals surface area contributed by atoms with Gasteiger partial charge in [0.2, 0.25) is 15.9 Å². The summed E-state index contributed by atoms with van der Waals surface area (Å²) < 4.78 is 39.4. The van der Waals surface area contributed by atoms with Crippen LogP contribution in [0.5, 0.6) is 11.5 Å². The number of amides is 1. The Bertz CT molecular complexity index is 1050. The zero-order valence-electron chi connectivity index (χ0n) is 16.5. The number of methoxy groups -OCH3 is 2. The number of hydrogen-bond acceptors (Lipinski definition) is 5. The first-order valence-corrected chi connectivity index (χ1v) is 11.0. The summed E-state index contributed by atoms with van der Waals surface area (Å²) in [7, 11) is -0.539. The summed E-state index contributed by atoms with van der Waals surface area (Å²) in [5, 5.41) is 2.79. The molecule has 0 saturated carbocycles. The third-order valence-corrected chi connectivity index (χ3v) is 7.48. The van der Waals surface area contributed by atoms with E-state index in [0.717, 1.165) is 17.5 Å². The molecule has 1 atom stereocenters. The molecule has 4 rings (SSSR count). The molecular weight excluding hydrogens is 392 g/mol. The van der Waals surface area contributed by atoms with E-state index < -0.39 is 10.0 Å². The summed E-state index contributed by atoms with van der Waals surface area (Å²) in [6.07, 6.45) is 2.39. The third kappa shape index (κ3) is 3.58. The van der Waals surface area contributed by atoms with Crippen molar-refractivity contribution in [3.05, 3.63) is 47.5 Å². The summed E-state index contributed by atoms with van der Waals surface area (Å²) in [5.74, 6) is 1.26. The predicted molar refractivity (Wildman–Crippen MR) is 109 cm³/mol. The summed E-state index contributed by atoms with van der Waals surface area (Å²) in [6.45, 7) is 0.446. The fraction of sp³-hybridized carbons (Fsp3) is 0.381. The van der Waals surface area contributed by atoms with Crippen LogP contribution in [0.3, 0.4) is 0 Å². The highest BCUT2D eigenvalue weighted by atomic mass is 32.2. The van der Waals surface area contributed by atoms with Crippen LogP contribution in [0.4, 0.5) is 5.69 Å². The lowest BCUT2D eigenvalue weighted by atomic mass is 10.0. The zero-order chi connectivity index (χ0) is 20.6. The molecule has 0 bridgehead atoms. The van der Waals surface area contributed by atoms with Gasteiger partial charge < -0.3 is 14.8 Å². The monoisotopic (exact) mass is 416 g/mol. The Kier molecular flexibility index (Phi) is 5.23. The van der Waals surface area contributed by atoms with Crippen LogP contribution in [0.15, 0.2) is 41.3 Å². The lowest BCUT2D eigenvalue weighted by Crippen LogP contribution is -2.31. The van der Waals surface area contributed by atoms with E-state index in [9.17, 15) is 13.2 Å². The number of fused-ring (bicyclic) bond motifs is 1. The van der Waals surface area contributed by atoms with Gasteiger partial charge in [-0.05, 0) is 61.2 Å². The summed E-state index contributed by atoms with van der Waals surface area (Å²) >= 11 is 0. The molecule has 2 aromatic rings. The standard InChI is InChI=1S/C21H24N2O5S/c1-27-15-6-9-20(28-2)17(13-15)19-4-3-11-23(19)29(25,26)16-7-8-18-14(12-16)5-10-21(24)22-18/h6-9,12-13,19H,3-5,10-11H2,1-2H3,(H,22,24)/t19-/m1/s1. The minimum Gasteiger partial charge on any atom is -0.497 e. The molecule has 2 aliphatic heterocycles. The highest BCUT2D eigenvalue weighted by molar-refractivity contribution is 7.89. The van der Waals surface area contributed by atoms with Crippen molar-refractivity contribution in [3.8, 4) is 11.5 Å². The Morgan fingerprint density at radius 2 is 1.90 bits per heavy atom. The van der Waals surface area contributed by atoms with Crippen LogP contribution >= 0.6 is 0 Å². The molecule has 1 amide bonds. The number of aryl methyl sites for hydroxylation is 1. The molecule has 8 heteroatoms. The number of nitrogens with one attached hydrogen (secondary N) is 1. The van der Waals surface area contributed by atoms with Crippen LogP contribution in [0.1, 0.15) is 36.4 Å². The topological polar surface area (TPSA) is 84.9 Å². The van der Waals surface area contributed by atoms with Crippen LogP contribution in [-0.4, -0.2) is 39.4 Å². The number of carbonyl (C=O) groups is 1. The average molecular weight is 416 g/mol. The van der Waals surface area contributed by atoms with Gasteiger partial charge in [-0.2, -0.15) is 4.31 Å². The Labute approximate surface area is 170 Å². The summed E-state index contributed by atoms with van der Waals surface area (Å²) in [6, 6.07) is 10.1. The molecule has 2 heterocycles. The van der Waals surface area contributed by atoms with Gasteiger partial charge in [-0.1, -0.05) is 0 Å². The molecule has 0 aromatic heterocycles. The summed E-state index contributed by atoms with van der Waals surface area (Å²) in [4.78, 5) is 11.8. The molecule has 0 unspecified atom stereocenters. The van der Waals surface area contributed by atoms with Gasteiger partial charge >= 0.3 is 0 Å². The van der Waals surface area contributed by atoms with Crippen LogP contribution in [0.25, 0.3) is 0 Å². The number of ether oxygens (including phenoxy) is 2. The van der Waals surface area contributed by atoms with Gasteiger partial charge in [-0.3, -0.25) is 4.79 Å². The fourth-order valence-electron chi connectivity index (χ4n) is 4.09. The second kappa shape index (κ2) is 7.68. The molecule has 1 N–H and O–H groups in total. The van der Waals surface area contributed by atoms with Gasteiger partial charge in [0.25, 0.3) is 0 Å². The van der Waals surface area contributed by atoms with Gasteiger partial charge in [-0.25, -0.2) is 8.42 Å². The van der Waals surface area contributed by atoms with Crippen molar-refractivity contribution in [3.63, 3.8) is 0 Å². The first kappa shape index (κ1) is 19.7. The van der Waals surface area contributed by atoms with Gasteiger partial charge in [0, 0.05) is 24.2 Å². The average Bonchev–Trinajstić information content (AvgIpc) is 3.23. The second-order valence-electron chi connectivity index (χ2n) is 7.25. The Balaban J connectivity index is 1.71.